The molecule has 0 aliphatic heterocycles. The molecule has 9 heteroatoms. The normalized spacial score (nSPS) is 11.8. The number of rotatable bonds is 14. The van der Waals surface area contributed by atoms with Crippen LogP contribution in [0.4, 0.5) is 22.7 Å². The molecule has 0 aromatic heterocycles. The molecule has 2 N–H and O–H groups in total. The zero-order valence-corrected chi connectivity index (χ0v) is 51.9. The summed E-state index contributed by atoms with van der Waals surface area (Å²) in [6.07, 6.45) is 1.54. The van der Waals surface area contributed by atoms with Crippen molar-refractivity contribution in [2.45, 2.75) is 155 Å². The molecule has 6 aromatic rings. The Morgan fingerprint density at radius 1 is 0.427 bits per heavy atom. The van der Waals surface area contributed by atoms with Crippen molar-refractivity contribution in [3.05, 3.63) is 142 Å². The Morgan fingerprint density at radius 2 is 0.707 bits per heavy atom. The molecule has 0 fully saturated rings. The Labute approximate surface area is 464 Å². The van der Waals surface area contributed by atoms with Crippen LogP contribution >= 0.6 is 0 Å². The van der Waals surface area contributed by atoms with Crippen LogP contribution in [0.25, 0.3) is 22.3 Å². The number of anilines is 4. The van der Waals surface area contributed by atoms with Crippen molar-refractivity contribution >= 4 is 22.7 Å². The first-order valence-corrected chi connectivity index (χ1v) is 31.5. The zero-order valence-electron chi connectivity index (χ0n) is 49.4. The van der Waals surface area contributed by atoms with Crippen molar-refractivity contribution in [1.82, 2.24) is 0 Å². The summed E-state index contributed by atoms with van der Waals surface area (Å²) in [5.74, 6) is 0.673. The average Bonchev–Trinajstić information content (AvgIpc) is 3.31. The standard InChI is InChI=1S/2C32H43NO3.2CH3.Zr/c2*1-21-17-24(29(34)25(18-21)31(3,4)5)23-13-10-11-14-27(23)33(15-12-16-36-9)28-20-22(2)19-26(30(28)35)32(6,7)8;;;/h2*10-11,13-14,17-20,34-35H,12,15-16H2,1-9H3;2*1H3;/q;;;;+2/p-2. The molecule has 0 atom stereocenters. The first-order chi connectivity index (χ1) is 34.9. The minimum absolute atomic E-state index is 0.0567. The van der Waals surface area contributed by atoms with Crippen molar-refractivity contribution in [3.8, 4) is 45.3 Å². The van der Waals surface area contributed by atoms with E-state index >= 15 is 0 Å². The second-order valence-corrected chi connectivity index (χ2v) is 26.7. The molecule has 0 radical (unpaired) electrons. The van der Waals surface area contributed by atoms with Gasteiger partial charge in [0.1, 0.15) is 11.5 Å². The first kappa shape index (κ1) is 62.5. The topological polar surface area (TPSA) is 112 Å². The van der Waals surface area contributed by atoms with Crippen LogP contribution in [-0.2, 0) is 54.4 Å². The summed E-state index contributed by atoms with van der Waals surface area (Å²) < 4.78 is 15.3. The van der Waals surface area contributed by atoms with Crippen LogP contribution in [0.3, 0.4) is 0 Å². The Balaban J connectivity index is 0.000000308. The van der Waals surface area contributed by atoms with E-state index in [9.17, 15) is 20.4 Å². The van der Waals surface area contributed by atoms with E-state index in [0.717, 1.165) is 91.2 Å². The number of para-hydroxylation sites is 2. The fourth-order valence-electron chi connectivity index (χ4n) is 9.48. The molecule has 0 aliphatic carbocycles. The van der Waals surface area contributed by atoms with Gasteiger partial charge in [0, 0.05) is 74.2 Å². The predicted octanol–water partition coefficient (Wildman–Crippen LogP) is 16.2. The van der Waals surface area contributed by atoms with Crippen molar-refractivity contribution in [1.29, 1.82) is 0 Å². The van der Waals surface area contributed by atoms with Gasteiger partial charge in [0.05, 0.1) is 11.4 Å². The summed E-state index contributed by atoms with van der Waals surface area (Å²) in [4.78, 5) is 4.29. The molecule has 404 valence electrons. The fourth-order valence-corrected chi connectivity index (χ4v) is 9.48. The third-order valence-electron chi connectivity index (χ3n) is 13.2. The molecule has 6 aromatic carbocycles. The van der Waals surface area contributed by atoms with Crippen LogP contribution in [0, 0.1) is 27.7 Å². The molecule has 0 saturated heterocycles. The number of hydrogen-bond donors (Lipinski definition) is 2. The quantitative estimate of drug-likeness (QED) is 0.104. The van der Waals surface area contributed by atoms with Crippen LogP contribution in [-0.4, -0.2) is 50.7 Å². The van der Waals surface area contributed by atoms with E-state index in [2.05, 4.69) is 128 Å². The number of phenolic OH excluding ortho intramolecular Hbond substituents is 2. The summed E-state index contributed by atoms with van der Waals surface area (Å²) in [6.45, 7) is 35.8. The molecule has 8 nitrogen and oxygen atoms in total. The van der Waals surface area contributed by atoms with Crippen molar-refractivity contribution < 1.29 is 53.1 Å². The Morgan fingerprint density at radius 3 is 1.00 bits per heavy atom. The Kier molecular flexibility index (Phi) is 21.9. The van der Waals surface area contributed by atoms with Gasteiger partial charge in [-0.05, 0) is 120 Å². The van der Waals surface area contributed by atoms with Crippen LogP contribution in [0.5, 0.6) is 23.0 Å². The van der Waals surface area contributed by atoms with Crippen LogP contribution in [0.15, 0.2) is 97.1 Å². The first-order valence-electron chi connectivity index (χ1n) is 26.5. The SMILES string of the molecule is COCCCN(c1ccccc1-c1cc(C)cc(C(C)(C)C)c1[O-])c1cc(C)cc(C(C)(C)C)c1O.COCCCN(c1ccccc1-c1cc(C)cc(C(C)(C)C)c1[O-])c1cc(C)cc(C(C)(C)C)c1O.[CH3][Zr+2][CH3]. The molecule has 0 spiro atoms. The molecule has 0 amide bonds. The van der Waals surface area contributed by atoms with Crippen molar-refractivity contribution in [3.63, 3.8) is 0 Å². The third kappa shape index (κ3) is 16.0. The summed E-state index contributed by atoms with van der Waals surface area (Å²) in [7, 11) is 3.40. The summed E-state index contributed by atoms with van der Waals surface area (Å²) in [5, 5.41) is 50.5. The number of hydrogen-bond acceptors (Lipinski definition) is 8. The van der Waals surface area contributed by atoms with Crippen LogP contribution in [0.2, 0.25) is 9.26 Å². The van der Waals surface area contributed by atoms with E-state index in [4.69, 9.17) is 9.47 Å². The van der Waals surface area contributed by atoms with Gasteiger partial charge in [-0.25, -0.2) is 0 Å². The molecular weight excluding hydrogens is 1010 g/mol. The number of phenols is 2. The van der Waals surface area contributed by atoms with Gasteiger partial charge in [-0.15, -0.1) is 0 Å². The number of benzene rings is 6. The Hall–Kier alpha value is -5.08. The van der Waals surface area contributed by atoms with E-state index in [1.807, 2.05) is 98.8 Å². The maximum atomic E-state index is 13.8. The van der Waals surface area contributed by atoms with E-state index in [-0.39, 0.29) is 67.9 Å². The van der Waals surface area contributed by atoms with Crippen molar-refractivity contribution in [2.24, 2.45) is 0 Å². The molecule has 0 aliphatic rings. The van der Waals surface area contributed by atoms with Gasteiger partial charge in [-0.1, -0.05) is 179 Å². The van der Waals surface area contributed by atoms with E-state index < -0.39 is 0 Å². The number of ether oxygens (including phenoxy) is 2. The van der Waals surface area contributed by atoms with Crippen LogP contribution < -0.4 is 20.0 Å². The second kappa shape index (κ2) is 26.3. The van der Waals surface area contributed by atoms with Gasteiger partial charge in [0.25, 0.3) is 0 Å². The third-order valence-corrected chi connectivity index (χ3v) is 13.2. The fraction of sp³-hybridized carbons (Fsp3) is 0.455. The van der Waals surface area contributed by atoms with Gasteiger partial charge in [0.15, 0.2) is 0 Å². The summed E-state index contributed by atoms with van der Waals surface area (Å²) >= 11 is 0.230. The molecule has 6 rings (SSSR count). The van der Waals surface area contributed by atoms with Gasteiger partial charge < -0.3 is 39.7 Å². The zero-order chi connectivity index (χ0) is 56.4. The molecule has 0 heterocycles. The van der Waals surface area contributed by atoms with Gasteiger partial charge in [-0.3, -0.25) is 0 Å². The van der Waals surface area contributed by atoms with Gasteiger partial charge in [0.2, 0.25) is 0 Å². The number of methoxy groups -OCH3 is 2. The maximum absolute atomic E-state index is 13.8. The monoisotopic (exact) mass is 1100 g/mol. The van der Waals surface area contributed by atoms with E-state index in [0.29, 0.717) is 37.4 Å². The second-order valence-electron chi connectivity index (χ2n) is 24.3. The molecule has 0 unspecified atom stereocenters. The molecule has 0 saturated carbocycles. The summed E-state index contributed by atoms with van der Waals surface area (Å²) in [5.41, 5.74) is 13.2. The average molecular weight is 1100 g/mol. The van der Waals surface area contributed by atoms with Crippen LogP contribution in [0.1, 0.15) is 140 Å². The molecular formula is C66H90N2O6Zr. The number of nitrogens with zero attached hydrogens (tertiary/aromatic N) is 2. The number of aryl methyl sites for hydroxylation is 4. The van der Waals surface area contributed by atoms with Crippen molar-refractivity contribution in [2.75, 3.05) is 50.3 Å². The molecule has 75 heavy (non-hydrogen) atoms. The number of aromatic hydroxyl groups is 2. The molecule has 0 bridgehead atoms. The predicted molar refractivity (Wildman–Crippen MR) is 311 cm³/mol. The van der Waals surface area contributed by atoms with Gasteiger partial charge in [-0.2, -0.15) is 0 Å². The summed E-state index contributed by atoms with van der Waals surface area (Å²) in [6, 6.07) is 32.2. The Bertz CT molecular complexity index is 2650. The van der Waals surface area contributed by atoms with E-state index in [1.165, 1.54) is 0 Å². The van der Waals surface area contributed by atoms with Gasteiger partial charge >= 0.3 is 32.5 Å². The van der Waals surface area contributed by atoms with E-state index in [1.54, 1.807) is 14.2 Å². The minimum atomic E-state index is -0.263.